The monoisotopic (exact) mass is 272 g/mol. The van der Waals surface area contributed by atoms with Crippen molar-refractivity contribution in [2.45, 2.75) is 36.7 Å². The molecular formula is C8H17IO2. The van der Waals surface area contributed by atoms with Crippen molar-refractivity contribution in [1.82, 2.24) is 0 Å². The smallest absolute Gasteiger partial charge is 0.110 e. The maximum absolute atomic E-state index is 9.14. The molecule has 0 aliphatic heterocycles. The average molecular weight is 272 g/mol. The predicted octanol–water partition coefficient (Wildman–Crippen LogP) is 1.93. The first-order chi connectivity index (χ1) is 5.22. The maximum Gasteiger partial charge on any atom is 0.110 e. The average Bonchev–Trinajstić information content (AvgIpc) is 1.97. The second-order valence-electron chi connectivity index (χ2n) is 2.81. The first kappa shape index (κ1) is 11.6. The van der Waals surface area contributed by atoms with Crippen LogP contribution in [0.25, 0.3) is 0 Å². The molecule has 2 nitrogen and oxygen atoms in total. The molecule has 0 aliphatic carbocycles. The molecule has 68 valence electrons. The van der Waals surface area contributed by atoms with Gasteiger partial charge in [0.25, 0.3) is 0 Å². The Kier molecular flexibility index (Phi) is 7.74. The topological polar surface area (TPSA) is 40.5 Å². The summed E-state index contributed by atoms with van der Waals surface area (Å²) in [6.07, 6.45) is 4.44. The zero-order valence-corrected chi connectivity index (χ0v) is 9.12. The molecule has 0 aromatic heterocycles. The lowest BCUT2D eigenvalue weighted by atomic mass is 10.0. The Bertz CT molecular complexity index is 86.2. The molecule has 0 aliphatic rings. The Hall–Kier alpha value is 0.650. The van der Waals surface area contributed by atoms with Crippen LogP contribution in [0.3, 0.4) is 0 Å². The van der Waals surface area contributed by atoms with Gasteiger partial charge in [-0.1, -0.05) is 48.8 Å². The van der Waals surface area contributed by atoms with Gasteiger partial charge in [-0.3, -0.25) is 0 Å². The van der Waals surface area contributed by atoms with Crippen molar-refractivity contribution < 1.29 is 10.2 Å². The van der Waals surface area contributed by atoms with E-state index >= 15 is 0 Å². The molecule has 0 bridgehead atoms. The van der Waals surface area contributed by atoms with Gasteiger partial charge in [-0.15, -0.1) is 0 Å². The molecule has 0 radical (unpaired) electrons. The Morgan fingerprint density at radius 1 is 1.36 bits per heavy atom. The first-order valence-corrected chi connectivity index (χ1v) is 5.40. The predicted molar refractivity (Wildman–Crippen MR) is 54.7 cm³/mol. The van der Waals surface area contributed by atoms with Crippen molar-refractivity contribution in [3.8, 4) is 0 Å². The second kappa shape index (κ2) is 7.31. The third-order valence-electron chi connectivity index (χ3n) is 1.80. The molecule has 0 aromatic carbocycles. The normalized spacial score (nSPS) is 16.4. The van der Waals surface area contributed by atoms with E-state index in [0.29, 0.717) is 0 Å². The number of halogens is 1. The molecule has 2 N–H and O–H groups in total. The number of rotatable bonds is 6. The SMILES string of the molecule is CCCCCC(CO)C(O)I. The molecule has 0 amide bonds. The third-order valence-corrected chi connectivity index (χ3v) is 2.82. The van der Waals surface area contributed by atoms with Crippen LogP contribution in [0, 0.1) is 5.92 Å². The third kappa shape index (κ3) is 5.87. The Labute approximate surface area is 82.1 Å². The fourth-order valence-corrected chi connectivity index (χ4v) is 1.56. The fourth-order valence-electron chi connectivity index (χ4n) is 0.972. The first-order valence-electron chi connectivity index (χ1n) is 4.15. The molecular weight excluding hydrogens is 255 g/mol. The summed E-state index contributed by atoms with van der Waals surface area (Å²) in [5, 5.41) is 18.0. The number of aliphatic hydroxyl groups is 2. The highest BCUT2D eigenvalue weighted by Crippen LogP contribution is 2.17. The van der Waals surface area contributed by atoms with Crippen LogP contribution in [0.4, 0.5) is 0 Å². The van der Waals surface area contributed by atoms with Crippen LogP contribution in [-0.2, 0) is 0 Å². The minimum absolute atomic E-state index is 0.0714. The van der Waals surface area contributed by atoms with E-state index in [0.717, 1.165) is 12.8 Å². The number of unbranched alkanes of at least 4 members (excludes halogenated alkanes) is 2. The van der Waals surface area contributed by atoms with E-state index < -0.39 is 4.11 Å². The van der Waals surface area contributed by atoms with E-state index in [1.165, 1.54) is 12.8 Å². The summed E-state index contributed by atoms with van der Waals surface area (Å²) in [6.45, 7) is 2.25. The number of alkyl halides is 1. The Morgan fingerprint density at radius 2 is 2.00 bits per heavy atom. The van der Waals surface area contributed by atoms with E-state index in [9.17, 15) is 0 Å². The Morgan fingerprint density at radius 3 is 2.36 bits per heavy atom. The molecule has 2 unspecified atom stereocenters. The van der Waals surface area contributed by atoms with E-state index in [4.69, 9.17) is 10.2 Å². The van der Waals surface area contributed by atoms with Crippen LogP contribution in [-0.4, -0.2) is 20.9 Å². The van der Waals surface area contributed by atoms with Gasteiger partial charge < -0.3 is 10.2 Å². The van der Waals surface area contributed by atoms with Crippen molar-refractivity contribution in [2.75, 3.05) is 6.61 Å². The van der Waals surface area contributed by atoms with Gasteiger partial charge in [-0.05, 0) is 6.42 Å². The zero-order valence-electron chi connectivity index (χ0n) is 6.96. The molecule has 0 aromatic rings. The van der Waals surface area contributed by atoms with Crippen molar-refractivity contribution >= 4 is 22.6 Å². The second-order valence-corrected chi connectivity index (χ2v) is 4.09. The fraction of sp³-hybridized carbons (Fsp3) is 1.00. The molecule has 3 heteroatoms. The summed E-state index contributed by atoms with van der Waals surface area (Å²) in [7, 11) is 0. The van der Waals surface area contributed by atoms with Crippen LogP contribution in [0.1, 0.15) is 32.6 Å². The largest absolute Gasteiger partial charge is 0.396 e. The van der Waals surface area contributed by atoms with Gasteiger partial charge in [-0.2, -0.15) is 0 Å². The van der Waals surface area contributed by atoms with Gasteiger partial charge in [-0.25, -0.2) is 0 Å². The quantitative estimate of drug-likeness (QED) is 0.440. The van der Waals surface area contributed by atoms with E-state index in [1.807, 2.05) is 22.6 Å². The lowest BCUT2D eigenvalue weighted by Gasteiger charge is -2.14. The lowest BCUT2D eigenvalue weighted by Crippen LogP contribution is -2.17. The van der Waals surface area contributed by atoms with Crippen molar-refractivity contribution in [3.05, 3.63) is 0 Å². The van der Waals surface area contributed by atoms with Gasteiger partial charge in [0.15, 0.2) is 0 Å². The van der Waals surface area contributed by atoms with Gasteiger partial charge in [0, 0.05) is 12.5 Å². The van der Waals surface area contributed by atoms with Crippen LogP contribution < -0.4 is 0 Å². The minimum Gasteiger partial charge on any atom is -0.396 e. The van der Waals surface area contributed by atoms with Crippen LogP contribution in [0.15, 0.2) is 0 Å². The highest BCUT2D eigenvalue weighted by Gasteiger charge is 2.13. The summed E-state index contributed by atoms with van der Waals surface area (Å²) in [6, 6.07) is 0. The number of hydrogen-bond acceptors (Lipinski definition) is 2. The van der Waals surface area contributed by atoms with E-state index in [-0.39, 0.29) is 12.5 Å². The summed E-state index contributed by atoms with van der Waals surface area (Å²) in [5.41, 5.74) is 0. The molecule has 0 saturated heterocycles. The summed E-state index contributed by atoms with van der Waals surface area (Å²) >= 11 is 1.95. The maximum atomic E-state index is 9.14. The molecule has 0 saturated carbocycles. The standard InChI is InChI=1S/C8H17IO2/c1-2-3-4-5-7(6-10)8(9)11/h7-8,10-11H,2-6H2,1H3. The van der Waals surface area contributed by atoms with Crippen molar-refractivity contribution in [2.24, 2.45) is 5.92 Å². The van der Waals surface area contributed by atoms with Crippen LogP contribution in [0.5, 0.6) is 0 Å². The summed E-state index contributed by atoms with van der Waals surface area (Å²) < 4.78 is -0.394. The van der Waals surface area contributed by atoms with Gasteiger partial charge in [0.05, 0.1) is 0 Å². The zero-order chi connectivity index (χ0) is 8.69. The van der Waals surface area contributed by atoms with Gasteiger partial charge in [0.2, 0.25) is 0 Å². The summed E-state index contributed by atoms with van der Waals surface area (Å²) in [5.74, 6) is 0.0714. The van der Waals surface area contributed by atoms with Crippen molar-refractivity contribution in [1.29, 1.82) is 0 Å². The molecule has 0 heterocycles. The Balaban J connectivity index is 3.36. The van der Waals surface area contributed by atoms with E-state index in [1.54, 1.807) is 0 Å². The molecule has 0 spiro atoms. The highest BCUT2D eigenvalue weighted by atomic mass is 127. The summed E-state index contributed by atoms with van der Waals surface area (Å²) in [4.78, 5) is 0. The molecule has 0 rings (SSSR count). The molecule has 2 atom stereocenters. The number of hydrogen-bond donors (Lipinski definition) is 2. The molecule has 0 fully saturated rings. The van der Waals surface area contributed by atoms with E-state index in [2.05, 4.69) is 6.92 Å². The number of aliphatic hydroxyl groups excluding tert-OH is 2. The van der Waals surface area contributed by atoms with Gasteiger partial charge in [0.1, 0.15) is 4.11 Å². The van der Waals surface area contributed by atoms with Crippen molar-refractivity contribution in [3.63, 3.8) is 0 Å². The van der Waals surface area contributed by atoms with Gasteiger partial charge >= 0.3 is 0 Å². The molecule has 11 heavy (non-hydrogen) atoms. The minimum atomic E-state index is -0.394. The van der Waals surface area contributed by atoms with Crippen LogP contribution >= 0.6 is 22.6 Å². The highest BCUT2D eigenvalue weighted by molar-refractivity contribution is 14.1. The van der Waals surface area contributed by atoms with Crippen LogP contribution in [0.2, 0.25) is 0 Å². The lowest BCUT2D eigenvalue weighted by molar-refractivity contribution is 0.129.